The first kappa shape index (κ1) is 13.4. The molecule has 0 rings (SSSR count). The second-order valence-electron chi connectivity index (χ2n) is 4.46. The van der Waals surface area contributed by atoms with Gasteiger partial charge in [-0.25, -0.2) is 8.42 Å². The lowest BCUT2D eigenvalue weighted by Gasteiger charge is -2.25. The van der Waals surface area contributed by atoms with E-state index in [1.807, 2.05) is 20.8 Å². The van der Waals surface area contributed by atoms with Crippen LogP contribution in [-0.2, 0) is 9.84 Å². The van der Waals surface area contributed by atoms with E-state index in [9.17, 15) is 8.42 Å². The predicted octanol–water partition coefficient (Wildman–Crippen LogP) is 1.69. The number of rotatable bonds is 3. The molecule has 84 valence electrons. The first-order chi connectivity index (χ1) is 6.14. The van der Waals surface area contributed by atoms with E-state index in [1.54, 1.807) is 6.92 Å². The van der Waals surface area contributed by atoms with Gasteiger partial charge in [-0.2, -0.15) is 0 Å². The van der Waals surface area contributed by atoms with Gasteiger partial charge in [0.15, 0.2) is 9.84 Å². The van der Waals surface area contributed by atoms with E-state index in [1.165, 1.54) is 0 Å². The van der Waals surface area contributed by atoms with Crippen LogP contribution in [0.5, 0.6) is 0 Å². The second kappa shape index (κ2) is 4.29. The fourth-order valence-corrected chi connectivity index (χ4v) is 2.81. The van der Waals surface area contributed by atoms with Gasteiger partial charge in [0.25, 0.3) is 0 Å². The lowest BCUT2D eigenvalue weighted by Crippen LogP contribution is -2.37. The summed E-state index contributed by atoms with van der Waals surface area (Å²) in [6.07, 6.45) is 1.59. The largest absolute Gasteiger partial charge is 0.411 e. The highest BCUT2D eigenvalue weighted by atomic mass is 32.2. The molecule has 14 heavy (non-hydrogen) atoms. The number of hydrogen-bond donors (Lipinski definition) is 1. The first-order valence-electron chi connectivity index (χ1n) is 4.55. The van der Waals surface area contributed by atoms with Crippen molar-refractivity contribution in [3.8, 4) is 0 Å². The van der Waals surface area contributed by atoms with Crippen LogP contribution in [0.1, 0.15) is 34.1 Å². The Morgan fingerprint density at radius 2 is 1.86 bits per heavy atom. The Bertz CT molecular complexity index is 311. The highest BCUT2D eigenvalue weighted by molar-refractivity contribution is 7.92. The summed E-state index contributed by atoms with van der Waals surface area (Å²) in [5, 5.41) is 11.3. The molecule has 1 N–H and O–H groups in total. The van der Waals surface area contributed by atoms with Gasteiger partial charge in [-0.05, 0) is 6.42 Å². The van der Waals surface area contributed by atoms with Crippen molar-refractivity contribution in [3.63, 3.8) is 0 Å². The van der Waals surface area contributed by atoms with Gasteiger partial charge in [0, 0.05) is 11.7 Å². The summed E-state index contributed by atoms with van der Waals surface area (Å²) in [5.41, 5.74) is -0.110. The van der Waals surface area contributed by atoms with Crippen molar-refractivity contribution < 1.29 is 13.6 Å². The summed E-state index contributed by atoms with van der Waals surface area (Å²) < 4.78 is 22.8. The average Bonchev–Trinajstić information content (AvgIpc) is 1.94. The average molecular weight is 221 g/mol. The highest BCUT2D eigenvalue weighted by Gasteiger charge is 2.33. The summed E-state index contributed by atoms with van der Waals surface area (Å²) in [6, 6.07) is 0. The molecule has 0 aromatic heterocycles. The summed E-state index contributed by atoms with van der Waals surface area (Å²) in [4.78, 5) is 0. The smallest absolute Gasteiger partial charge is 0.155 e. The molecule has 0 fully saturated rings. The van der Waals surface area contributed by atoms with Gasteiger partial charge in [-0.1, -0.05) is 32.9 Å². The van der Waals surface area contributed by atoms with Crippen LogP contribution in [0.3, 0.4) is 0 Å². The zero-order valence-electron chi connectivity index (χ0n) is 9.40. The van der Waals surface area contributed by atoms with Crippen LogP contribution >= 0.6 is 0 Å². The summed E-state index contributed by atoms with van der Waals surface area (Å²) in [5.74, 6) is 0. The topological polar surface area (TPSA) is 66.7 Å². The van der Waals surface area contributed by atoms with Crippen molar-refractivity contribution in [2.45, 2.75) is 39.4 Å². The van der Waals surface area contributed by atoms with E-state index < -0.39 is 20.5 Å². The minimum absolute atomic E-state index is 0.322. The van der Waals surface area contributed by atoms with E-state index in [0.29, 0.717) is 12.1 Å². The van der Waals surface area contributed by atoms with Gasteiger partial charge in [-0.15, -0.1) is 0 Å². The Hall–Kier alpha value is -0.580. The fraction of sp³-hybridized carbons (Fsp3) is 0.889. The Morgan fingerprint density at radius 1 is 1.43 bits per heavy atom. The molecule has 0 amide bonds. The zero-order chi connectivity index (χ0) is 11.6. The van der Waals surface area contributed by atoms with Gasteiger partial charge in [0.2, 0.25) is 0 Å². The molecule has 0 radical (unpaired) electrons. The Kier molecular flexibility index (Phi) is 4.12. The lowest BCUT2D eigenvalue weighted by atomic mass is 9.87. The third-order valence-electron chi connectivity index (χ3n) is 2.07. The van der Waals surface area contributed by atoms with E-state index >= 15 is 0 Å². The van der Waals surface area contributed by atoms with Crippen molar-refractivity contribution in [1.82, 2.24) is 0 Å². The van der Waals surface area contributed by atoms with Crippen molar-refractivity contribution >= 4 is 15.5 Å². The Labute approximate surface area is 85.9 Å². The van der Waals surface area contributed by atoms with Crippen LogP contribution in [0, 0.1) is 5.41 Å². The van der Waals surface area contributed by atoms with Crippen molar-refractivity contribution in [2.75, 3.05) is 6.26 Å². The summed E-state index contributed by atoms with van der Waals surface area (Å²) in [6.45, 7) is 7.25. The van der Waals surface area contributed by atoms with Gasteiger partial charge in [0.05, 0.1) is 5.71 Å². The Morgan fingerprint density at radius 3 is 1.93 bits per heavy atom. The van der Waals surface area contributed by atoms with Crippen molar-refractivity contribution in [1.29, 1.82) is 0 Å². The maximum atomic E-state index is 11.4. The number of hydrogen-bond acceptors (Lipinski definition) is 4. The summed E-state index contributed by atoms with van der Waals surface area (Å²) >= 11 is 0. The molecule has 1 atom stereocenters. The third kappa shape index (κ3) is 3.29. The fourth-order valence-electron chi connectivity index (χ4n) is 1.40. The van der Waals surface area contributed by atoms with E-state index in [0.717, 1.165) is 6.26 Å². The molecule has 0 aromatic rings. The quantitative estimate of drug-likeness (QED) is 0.448. The zero-order valence-corrected chi connectivity index (χ0v) is 10.2. The predicted molar refractivity (Wildman–Crippen MR) is 57.6 cm³/mol. The molecule has 0 aliphatic heterocycles. The number of nitrogens with zero attached hydrogens (tertiary/aromatic N) is 1. The molecule has 0 aromatic carbocycles. The second-order valence-corrected chi connectivity index (χ2v) is 6.69. The minimum Gasteiger partial charge on any atom is -0.411 e. The van der Waals surface area contributed by atoms with E-state index in [4.69, 9.17) is 5.21 Å². The van der Waals surface area contributed by atoms with Crippen LogP contribution in [0.25, 0.3) is 0 Å². The molecular formula is C9H19NO3S. The SMILES string of the molecule is CC[C@H](/C(=N\O)C(C)(C)C)S(C)(=O)=O. The normalized spacial score (nSPS) is 16.8. The molecule has 0 heterocycles. The Balaban J connectivity index is 5.25. The standard InChI is InChI=1S/C9H19NO3S/c1-6-7(14(5,12)13)8(10-11)9(2,3)4/h7,11H,6H2,1-5H3/b10-8+/t7-/m1/s1. The van der Waals surface area contributed by atoms with Crippen LogP contribution in [0.15, 0.2) is 5.16 Å². The molecule has 0 aliphatic rings. The van der Waals surface area contributed by atoms with Crippen molar-refractivity contribution in [3.05, 3.63) is 0 Å². The minimum atomic E-state index is -3.20. The molecule has 0 bridgehead atoms. The third-order valence-corrected chi connectivity index (χ3v) is 3.66. The molecule has 0 unspecified atom stereocenters. The van der Waals surface area contributed by atoms with E-state index in [2.05, 4.69) is 5.16 Å². The van der Waals surface area contributed by atoms with Crippen molar-refractivity contribution in [2.24, 2.45) is 10.6 Å². The first-order valence-corrected chi connectivity index (χ1v) is 6.51. The van der Waals surface area contributed by atoms with Crippen LogP contribution in [0.2, 0.25) is 0 Å². The maximum Gasteiger partial charge on any atom is 0.155 e. The molecule has 0 saturated heterocycles. The molecule has 0 spiro atoms. The van der Waals surface area contributed by atoms with Crippen LogP contribution in [-0.4, -0.2) is 30.8 Å². The van der Waals surface area contributed by atoms with Gasteiger partial charge in [-0.3, -0.25) is 0 Å². The lowest BCUT2D eigenvalue weighted by molar-refractivity contribution is 0.308. The number of oxime groups is 1. The van der Waals surface area contributed by atoms with Gasteiger partial charge < -0.3 is 5.21 Å². The molecule has 4 nitrogen and oxygen atoms in total. The molecule has 5 heteroatoms. The van der Waals surface area contributed by atoms with Crippen LogP contribution < -0.4 is 0 Å². The monoisotopic (exact) mass is 221 g/mol. The van der Waals surface area contributed by atoms with E-state index in [-0.39, 0.29) is 0 Å². The molecule has 0 aliphatic carbocycles. The highest BCUT2D eigenvalue weighted by Crippen LogP contribution is 2.23. The van der Waals surface area contributed by atoms with Crippen LogP contribution in [0.4, 0.5) is 0 Å². The van der Waals surface area contributed by atoms with Gasteiger partial charge >= 0.3 is 0 Å². The number of sulfone groups is 1. The molecular weight excluding hydrogens is 202 g/mol. The van der Waals surface area contributed by atoms with Gasteiger partial charge in [0.1, 0.15) is 5.25 Å². The maximum absolute atomic E-state index is 11.4. The molecule has 0 saturated carbocycles. The summed E-state index contributed by atoms with van der Waals surface area (Å²) in [7, 11) is -3.20.